The van der Waals surface area contributed by atoms with Crippen molar-refractivity contribution in [3.8, 4) is 11.3 Å². The fourth-order valence-corrected chi connectivity index (χ4v) is 5.73. The van der Waals surface area contributed by atoms with E-state index >= 15 is 0 Å². The van der Waals surface area contributed by atoms with Gasteiger partial charge in [0.15, 0.2) is 0 Å². The van der Waals surface area contributed by atoms with Crippen LogP contribution < -0.4 is 5.32 Å². The molecule has 2 aliphatic rings. The number of aromatic nitrogens is 2. The van der Waals surface area contributed by atoms with Gasteiger partial charge in [-0.25, -0.2) is 14.4 Å². The normalized spacial score (nSPS) is 15.0. The number of fused-ring (bicyclic) bond motifs is 3. The molecule has 1 saturated heterocycles. The number of nitrogens with one attached hydrogen (secondary N) is 1. The van der Waals surface area contributed by atoms with Gasteiger partial charge in [0.05, 0.1) is 24.4 Å². The Bertz CT molecular complexity index is 1630. The van der Waals surface area contributed by atoms with Crippen LogP contribution in [0.5, 0.6) is 0 Å². The SMILES string of the molecule is CN1CCN(C(=O)Cc2cccc(Nc3ncc4c(n3)-c3ccc(CI)cc3C(c3ccccc3F)=NC4)c2)CC1. The highest BCUT2D eigenvalue weighted by molar-refractivity contribution is 14.1. The van der Waals surface area contributed by atoms with Crippen LogP contribution in [0.2, 0.25) is 0 Å². The Balaban J connectivity index is 1.28. The third-order valence-corrected chi connectivity index (χ3v) is 8.42. The number of piperazine rings is 1. The minimum Gasteiger partial charge on any atom is -0.340 e. The Morgan fingerprint density at radius 1 is 0.951 bits per heavy atom. The molecule has 41 heavy (non-hydrogen) atoms. The molecule has 2 aliphatic heterocycles. The predicted molar refractivity (Wildman–Crippen MR) is 168 cm³/mol. The average molecular weight is 661 g/mol. The molecule has 0 atom stereocenters. The van der Waals surface area contributed by atoms with Crippen molar-refractivity contribution >= 4 is 45.8 Å². The van der Waals surface area contributed by atoms with E-state index in [2.05, 4.69) is 57.0 Å². The van der Waals surface area contributed by atoms with E-state index in [1.807, 2.05) is 41.3 Å². The van der Waals surface area contributed by atoms with Crippen molar-refractivity contribution in [1.29, 1.82) is 0 Å². The number of alkyl halides is 1. The summed E-state index contributed by atoms with van der Waals surface area (Å²) in [5, 5.41) is 3.33. The number of amides is 1. The molecule has 4 aromatic rings. The molecule has 0 radical (unpaired) electrons. The van der Waals surface area contributed by atoms with E-state index in [0.29, 0.717) is 30.2 Å². The quantitative estimate of drug-likeness (QED) is 0.215. The lowest BCUT2D eigenvalue weighted by Gasteiger charge is -2.32. The van der Waals surface area contributed by atoms with Crippen LogP contribution in [-0.4, -0.2) is 64.6 Å². The van der Waals surface area contributed by atoms with Crippen LogP contribution in [-0.2, 0) is 22.2 Å². The maximum atomic E-state index is 14.9. The fourth-order valence-electron chi connectivity index (χ4n) is 5.26. The molecule has 3 aromatic carbocycles. The summed E-state index contributed by atoms with van der Waals surface area (Å²) in [6.45, 7) is 3.67. The topological polar surface area (TPSA) is 73.7 Å². The molecule has 0 bridgehead atoms. The molecule has 6 rings (SSSR count). The van der Waals surface area contributed by atoms with Crippen LogP contribution in [0.25, 0.3) is 11.3 Å². The van der Waals surface area contributed by atoms with Gasteiger partial charge in [-0.2, -0.15) is 0 Å². The maximum Gasteiger partial charge on any atom is 0.227 e. The number of nitrogens with zero attached hydrogens (tertiary/aromatic N) is 5. The second-order valence-electron chi connectivity index (χ2n) is 10.4. The van der Waals surface area contributed by atoms with Gasteiger partial charge in [0, 0.05) is 64.7 Å². The van der Waals surface area contributed by atoms with Crippen LogP contribution in [0, 0.1) is 5.82 Å². The summed E-state index contributed by atoms with van der Waals surface area (Å²) in [4.78, 5) is 31.4. The molecule has 0 aliphatic carbocycles. The number of carbonyl (C=O) groups excluding carboxylic acids is 1. The number of likely N-dealkylation sites (N-methyl/N-ethyl adjacent to an activating group) is 1. The Morgan fingerprint density at radius 3 is 2.59 bits per heavy atom. The standard InChI is InChI=1S/C32H30FIN6O/c1-39-11-13-40(14-12-39)29(41)17-21-5-4-6-24(15-21)37-32-36-20-23-19-35-31(26-7-2-3-8-28(26)33)27-16-22(18-34)9-10-25(27)30(23)38-32/h2-10,15-16,20H,11-14,17-19H2,1H3,(H,36,37,38). The summed E-state index contributed by atoms with van der Waals surface area (Å²) in [7, 11) is 2.08. The van der Waals surface area contributed by atoms with Crippen molar-refractivity contribution in [1.82, 2.24) is 19.8 Å². The average Bonchev–Trinajstić information content (AvgIpc) is 3.14. The number of anilines is 2. The van der Waals surface area contributed by atoms with Gasteiger partial charge in [0.1, 0.15) is 5.82 Å². The number of hydrogen-bond acceptors (Lipinski definition) is 6. The molecule has 1 N–H and O–H groups in total. The molecule has 7 nitrogen and oxygen atoms in total. The maximum absolute atomic E-state index is 14.9. The first-order valence-electron chi connectivity index (χ1n) is 13.7. The molecule has 3 heterocycles. The number of aliphatic imine (C=N–C) groups is 1. The number of benzene rings is 3. The lowest BCUT2D eigenvalue weighted by Crippen LogP contribution is -2.47. The largest absolute Gasteiger partial charge is 0.340 e. The first-order chi connectivity index (χ1) is 20.0. The van der Waals surface area contributed by atoms with E-state index in [1.165, 1.54) is 6.07 Å². The second kappa shape index (κ2) is 12.0. The zero-order valence-corrected chi connectivity index (χ0v) is 24.9. The molecule has 9 heteroatoms. The fraction of sp³-hybridized carbons (Fsp3) is 0.250. The van der Waals surface area contributed by atoms with Crippen LogP contribution in [0.1, 0.15) is 27.8 Å². The molecule has 0 saturated carbocycles. The summed E-state index contributed by atoms with van der Waals surface area (Å²) in [6, 6.07) is 20.8. The minimum atomic E-state index is -0.303. The van der Waals surface area contributed by atoms with Crippen molar-refractivity contribution in [3.05, 3.63) is 107 Å². The van der Waals surface area contributed by atoms with Gasteiger partial charge < -0.3 is 15.1 Å². The first-order valence-corrected chi connectivity index (χ1v) is 15.2. The lowest BCUT2D eigenvalue weighted by molar-refractivity contribution is -0.132. The van der Waals surface area contributed by atoms with Crippen LogP contribution in [0.15, 0.2) is 77.9 Å². The van der Waals surface area contributed by atoms with Crippen LogP contribution >= 0.6 is 22.6 Å². The number of hydrogen-bond donors (Lipinski definition) is 1. The second-order valence-corrected chi connectivity index (χ2v) is 11.2. The van der Waals surface area contributed by atoms with Gasteiger partial charge >= 0.3 is 0 Å². The van der Waals surface area contributed by atoms with Gasteiger partial charge in [-0.3, -0.25) is 9.79 Å². The Kier molecular flexibility index (Phi) is 8.06. The summed E-state index contributed by atoms with van der Waals surface area (Å²) < 4.78 is 15.7. The first kappa shape index (κ1) is 27.5. The van der Waals surface area contributed by atoms with Gasteiger partial charge in [0.2, 0.25) is 11.9 Å². The summed E-state index contributed by atoms with van der Waals surface area (Å²) in [5.41, 5.74) is 7.37. The van der Waals surface area contributed by atoms with E-state index < -0.39 is 0 Å². The van der Waals surface area contributed by atoms with Gasteiger partial charge in [-0.1, -0.05) is 59.0 Å². The molecule has 1 aromatic heterocycles. The molecule has 0 spiro atoms. The third-order valence-electron chi connectivity index (χ3n) is 7.54. The summed E-state index contributed by atoms with van der Waals surface area (Å²) >= 11 is 2.33. The van der Waals surface area contributed by atoms with Crippen LogP contribution in [0.3, 0.4) is 0 Å². The highest BCUT2D eigenvalue weighted by Crippen LogP contribution is 2.34. The highest BCUT2D eigenvalue weighted by Gasteiger charge is 2.23. The van der Waals surface area contributed by atoms with Crippen molar-refractivity contribution in [2.45, 2.75) is 17.4 Å². The molecular formula is C32H30FIN6O. The Hall–Kier alpha value is -3.70. The van der Waals surface area contributed by atoms with E-state index in [-0.39, 0.29) is 11.7 Å². The number of carbonyl (C=O) groups is 1. The third kappa shape index (κ3) is 6.01. The van der Waals surface area contributed by atoms with Gasteiger partial charge in [-0.05, 0) is 48.5 Å². The van der Waals surface area contributed by atoms with Gasteiger partial charge in [0.25, 0.3) is 0 Å². The zero-order valence-electron chi connectivity index (χ0n) is 22.8. The number of halogens is 2. The van der Waals surface area contributed by atoms with Gasteiger partial charge in [-0.15, -0.1) is 0 Å². The van der Waals surface area contributed by atoms with Crippen molar-refractivity contribution in [2.75, 3.05) is 38.5 Å². The van der Waals surface area contributed by atoms with E-state index in [1.54, 1.807) is 18.3 Å². The highest BCUT2D eigenvalue weighted by atomic mass is 127. The minimum absolute atomic E-state index is 0.143. The molecule has 1 fully saturated rings. The molecular weight excluding hydrogens is 630 g/mol. The smallest absolute Gasteiger partial charge is 0.227 e. The number of rotatable bonds is 6. The molecule has 208 valence electrons. The monoisotopic (exact) mass is 660 g/mol. The molecule has 0 unspecified atom stereocenters. The van der Waals surface area contributed by atoms with E-state index in [0.717, 1.165) is 69.8 Å². The Labute approximate surface area is 252 Å². The lowest BCUT2D eigenvalue weighted by atomic mass is 9.93. The summed E-state index contributed by atoms with van der Waals surface area (Å²) in [6.07, 6.45) is 2.14. The van der Waals surface area contributed by atoms with Crippen molar-refractivity contribution in [2.24, 2.45) is 4.99 Å². The Morgan fingerprint density at radius 2 is 1.78 bits per heavy atom. The van der Waals surface area contributed by atoms with E-state index in [9.17, 15) is 9.18 Å². The summed E-state index contributed by atoms with van der Waals surface area (Å²) in [5.74, 6) is 0.289. The van der Waals surface area contributed by atoms with E-state index in [4.69, 9.17) is 9.98 Å². The predicted octanol–water partition coefficient (Wildman–Crippen LogP) is 5.63. The van der Waals surface area contributed by atoms with Crippen LogP contribution in [0.4, 0.5) is 16.0 Å². The van der Waals surface area contributed by atoms with Crippen molar-refractivity contribution in [3.63, 3.8) is 0 Å². The van der Waals surface area contributed by atoms with Crippen molar-refractivity contribution < 1.29 is 9.18 Å². The zero-order chi connectivity index (χ0) is 28.3. The molecule has 1 amide bonds.